The van der Waals surface area contributed by atoms with Crippen molar-refractivity contribution < 1.29 is 9.90 Å². The summed E-state index contributed by atoms with van der Waals surface area (Å²) in [6.45, 7) is 4.77. The molecule has 2 aliphatic heterocycles. The highest BCUT2D eigenvalue weighted by Crippen LogP contribution is 2.24. The molecule has 2 saturated heterocycles. The van der Waals surface area contributed by atoms with Crippen molar-refractivity contribution in [2.24, 2.45) is 0 Å². The van der Waals surface area contributed by atoms with Gasteiger partial charge < -0.3 is 15.7 Å². The summed E-state index contributed by atoms with van der Waals surface area (Å²) < 4.78 is 0. The zero-order chi connectivity index (χ0) is 16.2. The van der Waals surface area contributed by atoms with Gasteiger partial charge in [0, 0.05) is 31.7 Å². The molecule has 5 heteroatoms. The van der Waals surface area contributed by atoms with Gasteiger partial charge in [0.1, 0.15) is 0 Å². The number of likely N-dealkylation sites (tertiary alicyclic amines) is 1. The first-order valence-corrected chi connectivity index (χ1v) is 8.64. The second kappa shape index (κ2) is 7.43. The first kappa shape index (κ1) is 16.4. The molecule has 5 nitrogen and oxygen atoms in total. The second-order valence-electron chi connectivity index (χ2n) is 6.76. The number of nitrogens with zero attached hydrogens (tertiary/aromatic N) is 1. The highest BCUT2D eigenvalue weighted by molar-refractivity contribution is 5.82. The van der Waals surface area contributed by atoms with E-state index >= 15 is 0 Å². The third kappa shape index (κ3) is 4.10. The molecule has 3 unspecified atom stereocenters. The molecular weight excluding hydrogens is 290 g/mol. The summed E-state index contributed by atoms with van der Waals surface area (Å²) in [6, 6.07) is 11.0. The van der Waals surface area contributed by atoms with Crippen molar-refractivity contribution >= 4 is 5.91 Å². The Labute approximate surface area is 138 Å². The predicted molar refractivity (Wildman–Crippen MR) is 90.0 cm³/mol. The van der Waals surface area contributed by atoms with Gasteiger partial charge in [0.05, 0.1) is 12.1 Å². The Morgan fingerprint density at radius 2 is 2.00 bits per heavy atom. The topological polar surface area (TPSA) is 64.6 Å². The molecule has 2 heterocycles. The zero-order valence-electron chi connectivity index (χ0n) is 13.7. The summed E-state index contributed by atoms with van der Waals surface area (Å²) in [7, 11) is 0. The second-order valence-corrected chi connectivity index (χ2v) is 6.76. The number of benzene rings is 1. The first-order chi connectivity index (χ1) is 11.1. The van der Waals surface area contributed by atoms with Gasteiger partial charge in [0.2, 0.25) is 5.91 Å². The highest BCUT2D eigenvalue weighted by atomic mass is 16.3. The molecule has 0 aromatic heterocycles. The predicted octanol–water partition coefficient (Wildman–Crippen LogP) is 1.05. The fourth-order valence-electron chi connectivity index (χ4n) is 3.59. The molecule has 3 rings (SSSR count). The molecule has 0 spiro atoms. The van der Waals surface area contributed by atoms with Gasteiger partial charge in [-0.25, -0.2) is 0 Å². The Morgan fingerprint density at radius 3 is 2.61 bits per heavy atom. The average molecular weight is 317 g/mol. The number of hydrogen-bond donors (Lipinski definition) is 3. The van der Waals surface area contributed by atoms with Crippen LogP contribution in [0.5, 0.6) is 0 Å². The third-order valence-corrected chi connectivity index (χ3v) is 5.13. The van der Waals surface area contributed by atoms with Gasteiger partial charge in [-0.15, -0.1) is 0 Å². The lowest BCUT2D eigenvalue weighted by atomic mass is 10.00. The first-order valence-electron chi connectivity index (χ1n) is 8.64. The number of carbonyl (C=O) groups is 1. The minimum Gasteiger partial charge on any atom is -0.392 e. The molecule has 0 aliphatic carbocycles. The van der Waals surface area contributed by atoms with Crippen LogP contribution in [0.25, 0.3) is 0 Å². The third-order valence-electron chi connectivity index (χ3n) is 5.13. The number of piperidine rings is 1. The Balaban J connectivity index is 1.46. The summed E-state index contributed by atoms with van der Waals surface area (Å²) >= 11 is 0. The minimum atomic E-state index is -0.390. The van der Waals surface area contributed by atoms with Crippen LogP contribution in [0.2, 0.25) is 0 Å². The molecule has 3 N–H and O–H groups in total. The van der Waals surface area contributed by atoms with E-state index in [1.54, 1.807) is 0 Å². The van der Waals surface area contributed by atoms with Crippen molar-refractivity contribution in [3.05, 3.63) is 35.9 Å². The molecule has 23 heavy (non-hydrogen) atoms. The maximum absolute atomic E-state index is 12.2. The molecule has 3 atom stereocenters. The SMILES string of the molecule is CC(c1ccccc1)N1CCC(NC(=O)C2CC(O)CN2)CC1. The Kier molecular flexibility index (Phi) is 5.30. The molecule has 1 aromatic rings. The minimum absolute atomic E-state index is 0.0381. The Morgan fingerprint density at radius 1 is 1.30 bits per heavy atom. The monoisotopic (exact) mass is 317 g/mol. The number of hydrogen-bond acceptors (Lipinski definition) is 4. The molecule has 2 fully saturated rings. The van der Waals surface area contributed by atoms with Crippen molar-refractivity contribution in [1.82, 2.24) is 15.5 Å². The number of aliphatic hydroxyl groups is 1. The van der Waals surface area contributed by atoms with E-state index in [9.17, 15) is 9.90 Å². The standard InChI is InChI=1S/C18H27N3O2/c1-13(14-5-3-2-4-6-14)21-9-7-15(8-10-21)20-18(23)17-11-16(22)12-19-17/h2-6,13,15-17,19,22H,7-12H2,1H3,(H,20,23). The summed E-state index contributed by atoms with van der Waals surface area (Å²) in [4.78, 5) is 14.7. The maximum atomic E-state index is 12.2. The smallest absolute Gasteiger partial charge is 0.237 e. The van der Waals surface area contributed by atoms with Crippen LogP contribution >= 0.6 is 0 Å². The molecule has 0 saturated carbocycles. The van der Waals surface area contributed by atoms with Crippen LogP contribution < -0.4 is 10.6 Å². The van der Waals surface area contributed by atoms with E-state index in [0.29, 0.717) is 19.0 Å². The number of β-amino-alcohol motifs (C(OH)–C–C–N with tert-alkyl or cyclic N) is 1. The van der Waals surface area contributed by atoms with E-state index in [0.717, 1.165) is 25.9 Å². The summed E-state index contributed by atoms with van der Waals surface area (Å²) in [5, 5.41) is 15.7. The summed E-state index contributed by atoms with van der Waals surface area (Å²) in [6.07, 6.45) is 2.10. The zero-order valence-corrected chi connectivity index (χ0v) is 13.7. The van der Waals surface area contributed by atoms with Crippen LogP contribution in [-0.2, 0) is 4.79 Å². The molecule has 1 aromatic carbocycles. The van der Waals surface area contributed by atoms with Crippen molar-refractivity contribution in [2.45, 2.75) is 50.4 Å². The van der Waals surface area contributed by atoms with Crippen LogP contribution in [0.15, 0.2) is 30.3 Å². The molecule has 126 valence electrons. The molecule has 0 radical (unpaired) electrons. The molecule has 2 aliphatic rings. The fraction of sp³-hybridized carbons (Fsp3) is 0.611. The van der Waals surface area contributed by atoms with E-state index in [1.165, 1.54) is 5.56 Å². The van der Waals surface area contributed by atoms with E-state index in [4.69, 9.17) is 0 Å². The molecule has 1 amide bonds. The van der Waals surface area contributed by atoms with Gasteiger partial charge in [-0.05, 0) is 31.7 Å². The number of nitrogens with one attached hydrogen (secondary N) is 2. The number of aliphatic hydroxyl groups excluding tert-OH is 1. The van der Waals surface area contributed by atoms with Crippen molar-refractivity contribution in [3.63, 3.8) is 0 Å². The average Bonchev–Trinajstić information content (AvgIpc) is 3.02. The fourth-order valence-corrected chi connectivity index (χ4v) is 3.59. The van der Waals surface area contributed by atoms with Crippen LogP contribution in [0.1, 0.15) is 37.8 Å². The number of amides is 1. The van der Waals surface area contributed by atoms with E-state index in [1.807, 2.05) is 6.07 Å². The van der Waals surface area contributed by atoms with E-state index < -0.39 is 0 Å². The van der Waals surface area contributed by atoms with Crippen LogP contribution in [0.4, 0.5) is 0 Å². The van der Waals surface area contributed by atoms with Crippen LogP contribution in [-0.4, -0.2) is 53.7 Å². The number of carbonyl (C=O) groups excluding carboxylic acids is 1. The van der Waals surface area contributed by atoms with Gasteiger partial charge in [-0.3, -0.25) is 9.69 Å². The summed E-state index contributed by atoms with van der Waals surface area (Å²) in [5.74, 6) is 0.0381. The van der Waals surface area contributed by atoms with E-state index in [-0.39, 0.29) is 24.1 Å². The largest absolute Gasteiger partial charge is 0.392 e. The Bertz CT molecular complexity index is 514. The van der Waals surface area contributed by atoms with Crippen molar-refractivity contribution in [1.29, 1.82) is 0 Å². The lowest BCUT2D eigenvalue weighted by Gasteiger charge is -2.36. The molecular formula is C18H27N3O2. The summed E-state index contributed by atoms with van der Waals surface area (Å²) in [5.41, 5.74) is 1.35. The lowest BCUT2D eigenvalue weighted by Crippen LogP contribution is -2.49. The lowest BCUT2D eigenvalue weighted by molar-refractivity contribution is -0.124. The quantitative estimate of drug-likeness (QED) is 0.777. The molecule has 0 bridgehead atoms. The maximum Gasteiger partial charge on any atom is 0.237 e. The van der Waals surface area contributed by atoms with Gasteiger partial charge >= 0.3 is 0 Å². The van der Waals surface area contributed by atoms with Gasteiger partial charge in [0.15, 0.2) is 0 Å². The normalized spacial score (nSPS) is 27.7. The van der Waals surface area contributed by atoms with Crippen LogP contribution in [0.3, 0.4) is 0 Å². The van der Waals surface area contributed by atoms with Gasteiger partial charge in [-0.1, -0.05) is 30.3 Å². The highest BCUT2D eigenvalue weighted by Gasteiger charge is 2.30. The van der Waals surface area contributed by atoms with Crippen molar-refractivity contribution in [3.8, 4) is 0 Å². The van der Waals surface area contributed by atoms with Crippen LogP contribution in [0, 0.1) is 0 Å². The number of rotatable bonds is 4. The van der Waals surface area contributed by atoms with Crippen molar-refractivity contribution in [2.75, 3.05) is 19.6 Å². The van der Waals surface area contributed by atoms with Gasteiger partial charge in [0.25, 0.3) is 0 Å². The van der Waals surface area contributed by atoms with Gasteiger partial charge in [-0.2, -0.15) is 0 Å². The van der Waals surface area contributed by atoms with E-state index in [2.05, 4.69) is 46.7 Å². The Hall–Kier alpha value is -1.43.